The van der Waals surface area contributed by atoms with Gasteiger partial charge >= 0.3 is 5.97 Å². The number of rotatable bonds is 14. The maximum Gasteiger partial charge on any atom is 0.306 e. The lowest BCUT2D eigenvalue weighted by molar-refractivity contribution is -0.142. The van der Waals surface area contributed by atoms with E-state index in [9.17, 15) is 4.79 Å². The first-order valence-corrected chi connectivity index (χ1v) is 8.40. The number of esters is 1. The second-order valence-electron chi connectivity index (χ2n) is 5.50. The Balaban J connectivity index is 3.06. The zero-order valence-electron chi connectivity index (χ0n) is 13.3. The van der Waals surface area contributed by atoms with E-state index in [1.165, 1.54) is 64.2 Å². The Morgan fingerprint density at radius 3 is 1.75 bits per heavy atom. The summed E-state index contributed by atoms with van der Waals surface area (Å²) < 4.78 is 4.82. The molecule has 116 valence electrons. The summed E-state index contributed by atoms with van der Waals surface area (Å²) in [6.45, 7) is 2.37. The van der Waals surface area contributed by atoms with Crippen LogP contribution in [0, 0.1) is 12.3 Å². The first-order valence-electron chi connectivity index (χ1n) is 8.40. The van der Waals surface area contributed by atoms with E-state index in [1.54, 1.807) is 0 Å². The van der Waals surface area contributed by atoms with Crippen LogP contribution in [0.5, 0.6) is 0 Å². The number of hydrogen-bond donors (Lipinski definition) is 0. The molecule has 0 aliphatic carbocycles. The van der Waals surface area contributed by atoms with Gasteiger partial charge in [-0.15, -0.1) is 6.42 Å². The van der Waals surface area contributed by atoms with Crippen LogP contribution in [0.2, 0.25) is 0 Å². The normalized spacial score (nSPS) is 10.2. The van der Waals surface area contributed by atoms with Crippen molar-refractivity contribution in [2.45, 2.75) is 90.4 Å². The van der Waals surface area contributed by atoms with Crippen molar-refractivity contribution in [1.82, 2.24) is 0 Å². The van der Waals surface area contributed by atoms with Crippen molar-refractivity contribution >= 4 is 5.97 Å². The Labute approximate surface area is 125 Å². The first kappa shape index (κ1) is 19.0. The van der Waals surface area contributed by atoms with Gasteiger partial charge in [0.05, 0.1) is 0 Å². The second kappa shape index (κ2) is 16.1. The Morgan fingerprint density at radius 2 is 1.30 bits per heavy atom. The largest absolute Gasteiger partial charge is 0.452 e. The molecule has 20 heavy (non-hydrogen) atoms. The monoisotopic (exact) mass is 280 g/mol. The minimum atomic E-state index is -0.157. The molecule has 0 aromatic rings. The average Bonchev–Trinajstić information content (AvgIpc) is 2.46. The molecule has 0 aromatic carbocycles. The van der Waals surface area contributed by atoms with Crippen LogP contribution in [-0.4, -0.2) is 12.6 Å². The molecule has 0 unspecified atom stereocenters. The van der Waals surface area contributed by atoms with E-state index in [0.29, 0.717) is 6.42 Å². The van der Waals surface area contributed by atoms with Crippen LogP contribution < -0.4 is 0 Å². The number of terminal acetylenes is 1. The van der Waals surface area contributed by atoms with Gasteiger partial charge in [0.15, 0.2) is 6.61 Å². The minimum absolute atomic E-state index is 0.108. The molecular weight excluding hydrogens is 248 g/mol. The topological polar surface area (TPSA) is 26.3 Å². The van der Waals surface area contributed by atoms with Crippen LogP contribution in [0.1, 0.15) is 90.4 Å². The van der Waals surface area contributed by atoms with E-state index in [4.69, 9.17) is 11.2 Å². The van der Waals surface area contributed by atoms with Crippen molar-refractivity contribution in [1.29, 1.82) is 0 Å². The number of unbranched alkanes of at least 4 members (excludes halogenated alkanes) is 11. The summed E-state index contributed by atoms with van der Waals surface area (Å²) in [7, 11) is 0. The summed E-state index contributed by atoms with van der Waals surface area (Å²) in [5.41, 5.74) is 0. The fraction of sp³-hybridized carbons (Fsp3) is 0.833. The summed E-state index contributed by atoms with van der Waals surface area (Å²) in [6, 6.07) is 0. The van der Waals surface area contributed by atoms with Crippen LogP contribution in [0.3, 0.4) is 0 Å². The van der Waals surface area contributed by atoms with Crippen molar-refractivity contribution < 1.29 is 9.53 Å². The highest BCUT2D eigenvalue weighted by Crippen LogP contribution is 2.12. The van der Waals surface area contributed by atoms with Gasteiger partial charge in [-0.25, -0.2) is 0 Å². The van der Waals surface area contributed by atoms with Crippen molar-refractivity contribution in [3.63, 3.8) is 0 Å². The number of hydrogen-bond acceptors (Lipinski definition) is 2. The zero-order chi connectivity index (χ0) is 14.9. The number of carbonyl (C=O) groups is 1. The first-order chi connectivity index (χ1) is 9.81. The summed E-state index contributed by atoms with van der Waals surface area (Å²) in [5.74, 6) is 2.14. The highest BCUT2D eigenvalue weighted by molar-refractivity contribution is 5.69. The molecule has 0 aliphatic rings. The Kier molecular flexibility index (Phi) is 15.3. The van der Waals surface area contributed by atoms with Crippen LogP contribution in [0.25, 0.3) is 0 Å². The van der Waals surface area contributed by atoms with Gasteiger partial charge in [0.25, 0.3) is 0 Å². The number of carbonyl (C=O) groups excluding carboxylic acids is 1. The lowest BCUT2D eigenvalue weighted by Crippen LogP contribution is -2.03. The highest BCUT2D eigenvalue weighted by atomic mass is 16.5. The van der Waals surface area contributed by atoms with Crippen LogP contribution in [-0.2, 0) is 9.53 Å². The number of ether oxygens (including phenoxy) is 1. The average molecular weight is 280 g/mol. The molecule has 2 nitrogen and oxygen atoms in total. The Morgan fingerprint density at radius 1 is 0.850 bits per heavy atom. The highest BCUT2D eigenvalue weighted by Gasteiger charge is 2.01. The third-order valence-electron chi connectivity index (χ3n) is 3.55. The van der Waals surface area contributed by atoms with Gasteiger partial charge in [-0.1, -0.05) is 83.5 Å². The van der Waals surface area contributed by atoms with Gasteiger partial charge in [-0.05, 0) is 6.42 Å². The molecule has 0 heterocycles. The quantitative estimate of drug-likeness (QED) is 0.247. The molecule has 0 saturated carbocycles. The third-order valence-corrected chi connectivity index (χ3v) is 3.55. The van der Waals surface area contributed by atoms with E-state index in [0.717, 1.165) is 12.8 Å². The molecule has 2 heteroatoms. The van der Waals surface area contributed by atoms with E-state index in [1.807, 2.05) is 0 Å². The molecule has 0 amide bonds. The second-order valence-corrected chi connectivity index (χ2v) is 5.50. The van der Waals surface area contributed by atoms with Crippen molar-refractivity contribution in [2.75, 3.05) is 6.61 Å². The van der Waals surface area contributed by atoms with E-state index >= 15 is 0 Å². The van der Waals surface area contributed by atoms with E-state index in [-0.39, 0.29) is 12.6 Å². The maximum absolute atomic E-state index is 11.2. The zero-order valence-corrected chi connectivity index (χ0v) is 13.3. The molecule has 0 bridgehead atoms. The van der Waals surface area contributed by atoms with Crippen molar-refractivity contribution in [2.24, 2.45) is 0 Å². The van der Waals surface area contributed by atoms with Crippen LogP contribution >= 0.6 is 0 Å². The fourth-order valence-corrected chi connectivity index (χ4v) is 2.30. The molecule has 0 aliphatic heterocycles. The van der Waals surface area contributed by atoms with Crippen LogP contribution in [0.15, 0.2) is 0 Å². The van der Waals surface area contributed by atoms with Gasteiger partial charge in [-0.2, -0.15) is 0 Å². The van der Waals surface area contributed by atoms with Crippen LogP contribution in [0.4, 0.5) is 0 Å². The van der Waals surface area contributed by atoms with Crippen molar-refractivity contribution in [3.05, 3.63) is 0 Å². The lowest BCUT2D eigenvalue weighted by atomic mass is 10.0. The van der Waals surface area contributed by atoms with Crippen molar-refractivity contribution in [3.8, 4) is 12.3 Å². The Hall–Kier alpha value is -0.970. The molecule has 0 saturated heterocycles. The predicted molar refractivity (Wildman–Crippen MR) is 85.5 cm³/mol. The maximum atomic E-state index is 11.2. The molecule has 0 spiro atoms. The molecule has 0 fully saturated rings. The molecule has 0 rings (SSSR count). The van der Waals surface area contributed by atoms with Gasteiger partial charge in [-0.3, -0.25) is 4.79 Å². The van der Waals surface area contributed by atoms with Gasteiger partial charge in [0.1, 0.15) is 0 Å². The molecule has 0 radical (unpaired) electrons. The molecule has 0 atom stereocenters. The minimum Gasteiger partial charge on any atom is -0.452 e. The SMILES string of the molecule is C#CCOC(=O)CCCCCCCCCCCCCC. The third kappa shape index (κ3) is 15.1. The standard InChI is InChI=1S/C18H32O2/c1-3-5-6-7-8-9-10-11-12-13-14-15-16-18(19)20-17-4-2/h2H,3,5-17H2,1H3. The predicted octanol–water partition coefficient (Wildman–Crippen LogP) is 5.25. The van der Waals surface area contributed by atoms with E-state index < -0.39 is 0 Å². The summed E-state index contributed by atoms with van der Waals surface area (Å²) >= 11 is 0. The van der Waals surface area contributed by atoms with Gasteiger partial charge in [0.2, 0.25) is 0 Å². The Bertz CT molecular complexity index is 253. The van der Waals surface area contributed by atoms with Gasteiger partial charge in [0, 0.05) is 6.42 Å². The van der Waals surface area contributed by atoms with Gasteiger partial charge < -0.3 is 4.74 Å². The molecule has 0 aromatic heterocycles. The summed E-state index contributed by atoms with van der Waals surface area (Å²) in [5, 5.41) is 0. The summed E-state index contributed by atoms with van der Waals surface area (Å²) in [4.78, 5) is 11.2. The molecular formula is C18H32O2. The fourth-order valence-electron chi connectivity index (χ4n) is 2.30. The molecule has 0 N–H and O–H groups in total. The summed E-state index contributed by atoms with van der Waals surface area (Å²) in [6.07, 6.45) is 21.2. The smallest absolute Gasteiger partial charge is 0.306 e. The lowest BCUT2D eigenvalue weighted by Gasteiger charge is -2.03. The van der Waals surface area contributed by atoms with E-state index in [2.05, 4.69) is 12.8 Å².